The number of rotatable bonds is 5. The lowest BCUT2D eigenvalue weighted by Gasteiger charge is -2.14. The maximum atomic E-state index is 11.5. The Labute approximate surface area is 87.7 Å². The van der Waals surface area contributed by atoms with Crippen LogP contribution in [0.25, 0.3) is 0 Å². The van der Waals surface area contributed by atoms with Crippen molar-refractivity contribution in [1.82, 2.24) is 4.98 Å². The topological polar surface area (TPSA) is 73.4 Å². The number of nitrogens with zero attached hydrogens (tertiary/aromatic N) is 1. The molecule has 2 N–H and O–H groups in total. The van der Waals surface area contributed by atoms with Crippen molar-refractivity contribution in [2.45, 2.75) is 19.3 Å². The fourth-order valence-corrected chi connectivity index (χ4v) is 1.23. The average molecular weight is 210 g/mol. The van der Waals surface area contributed by atoms with Crippen LogP contribution in [0.2, 0.25) is 0 Å². The first-order valence-electron chi connectivity index (χ1n) is 4.72. The number of carboxylic acids is 1. The van der Waals surface area contributed by atoms with Gasteiger partial charge < -0.3 is 15.0 Å². The zero-order chi connectivity index (χ0) is 11.3. The first-order chi connectivity index (χ1) is 7.11. The Morgan fingerprint density at radius 1 is 1.47 bits per heavy atom. The molecular formula is C10H14N2O3. The Morgan fingerprint density at radius 2 is 2.20 bits per heavy atom. The molecule has 0 fully saturated rings. The number of nitrogens with one attached hydrogen (secondary N) is 1. The minimum atomic E-state index is -0.868. The van der Waals surface area contributed by atoms with Gasteiger partial charge in [-0.15, -0.1) is 0 Å². The highest BCUT2D eigenvalue weighted by molar-refractivity contribution is 5.92. The second-order valence-corrected chi connectivity index (χ2v) is 3.27. The first kappa shape index (κ1) is 11.3. The third-order valence-corrected chi connectivity index (χ3v) is 2.12. The second kappa shape index (κ2) is 5.19. The van der Waals surface area contributed by atoms with Gasteiger partial charge in [-0.05, 0) is 12.5 Å². The van der Waals surface area contributed by atoms with E-state index in [1.807, 2.05) is 0 Å². The van der Waals surface area contributed by atoms with E-state index in [9.17, 15) is 9.59 Å². The van der Waals surface area contributed by atoms with Gasteiger partial charge in [-0.1, -0.05) is 0 Å². The number of hydrogen-bond acceptors (Lipinski definition) is 2. The summed E-state index contributed by atoms with van der Waals surface area (Å²) in [6, 6.07) is 1.79. The summed E-state index contributed by atoms with van der Waals surface area (Å²) in [5.74, 6) is -0.942. The Balaban J connectivity index is 2.37. The zero-order valence-corrected chi connectivity index (χ0v) is 8.56. The Kier molecular flexibility index (Phi) is 3.91. The minimum Gasteiger partial charge on any atom is -0.481 e. The monoisotopic (exact) mass is 210 g/mol. The molecule has 0 spiro atoms. The molecule has 1 aromatic heterocycles. The van der Waals surface area contributed by atoms with Gasteiger partial charge in [0, 0.05) is 32.3 Å². The molecule has 0 aliphatic rings. The molecular weight excluding hydrogens is 196 g/mol. The summed E-state index contributed by atoms with van der Waals surface area (Å²) in [6.45, 7) is 0. The Morgan fingerprint density at radius 3 is 2.73 bits per heavy atom. The molecule has 0 unspecified atom stereocenters. The summed E-state index contributed by atoms with van der Waals surface area (Å²) in [6.07, 6.45) is 4.12. The van der Waals surface area contributed by atoms with Crippen LogP contribution in [0, 0.1) is 0 Å². The van der Waals surface area contributed by atoms with E-state index in [-0.39, 0.29) is 18.7 Å². The molecule has 1 aromatic rings. The fourth-order valence-electron chi connectivity index (χ4n) is 1.23. The molecule has 0 aliphatic carbocycles. The third kappa shape index (κ3) is 3.46. The molecule has 0 saturated heterocycles. The number of amides is 1. The SMILES string of the molecule is CN(C(=O)CCCC(=O)O)c1cc[nH]c1. The molecule has 1 amide bonds. The normalized spacial score (nSPS) is 9.93. The van der Waals surface area contributed by atoms with Crippen molar-refractivity contribution in [1.29, 1.82) is 0 Å². The third-order valence-electron chi connectivity index (χ3n) is 2.12. The van der Waals surface area contributed by atoms with Crippen LogP contribution in [0.5, 0.6) is 0 Å². The largest absolute Gasteiger partial charge is 0.481 e. The van der Waals surface area contributed by atoms with Gasteiger partial charge in [0.25, 0.3) is 0 Å². The van der Waals surface area contributed by atoms with Crippen LogP contribution in [0.3, 0.4) is 0 Å². The smallest absolute Gasteiger partial charge is 0.303 e. The number of anilines is 1. The highest BCUT2D eigenvalue weighted by atomic mass is 16.4. The second-order valence-electron chi connectivity index (χ2n) is 3.27. The van der Waals surface area contributed by atoms with Gasteiger partial charge in [-0.2, -0.15) is 0 Å². The molecule has 1 rings (SSSR count). The lowest BCUT2D eigenvalue weighted by Crippen LogP contribution is -2.25. The minimum absolute atomic E-state index is 0.0344. The zero-order valence-electron chi connectivity index (χ0n) is 8.56. The van der Waals surface area contributed by atoms with Crippen LogP contribution in [0.1, 0.15) is 19.3 Å². The van der Waals surface area contributed by atoms with E-state index < -0.39 is 5.97 Å². The maximum Gasteiger partial charge on any atom is 0.303 e. The number of carbonyl (C=O) groups excluding carboxylic acids is 1. The fraction of sp³-hybridized carbons (Fsp3) is 0.400. The van der Waals surface area contributed by atoms with E-state index in [4.69, 9.17) is 5.11 Å². The molecule has 0 aromatic carbocycles. The number of hydrogen-bond donors (Lipinski definition) is 2. The summed E-state index contributed by atoms with van der Waals surface area (Å²) in [7, 11) is 1.67. The van der Waals surface area contributed by atoms with Gasteiger partial charge in [-0.25, -0.2) is 0 Å². The summed E-state index contributed by atoms with van der Waals surface area (Å²) < 4.78 is 0. The van der Waals surface area contributed by atoms with Gasteiger partial charge in [0.15, 0.2) is 0 Å². The van der Waals surface area contributed by atoms with Gasteiger partial charge in [0.2, 0.25) is 5.91 Å². The summed E-state index contributed by atoms with van der Waals surface area (Å²) in [4.78, 5) is 26.2. The summed E-state index contributed by atoms with van der Waals surface area (Å²) in [5.41, 5.74) is 0.787. The number of carbonyl (C=O) groups is 2. The van der Waals surface area contributed by atoms with Crippen LogP contribution in [-0.2, 0) is 9.59 Å². The molecule has 0 bridgehead atoms. The van der Waals surface area contributed by atoms with Crippen LogP contribution in [0.4, 0.5) is 5.69 Å². The van der Waals surface area contributed by atoms with Crippen molar-refractivity contribution < 1.29 is 14.7 Å². The van der Waals surface area contributed by atoms with E-state index in [1.165, 1.54) is 4.90 Å². The van der Waals surface area contributed by atoms with Gasteiger partial charge in [0.05, 0.1) is 5.69 Å². The van der Waals surface area contributed by atoms with Gasteiger partial charge in [0.1, 0.15) is 0 Å². The van der Waals surface area contributed by atoms with Crippen molar-refractivity contribution in [3.63, 3.8) is 0 Å². The van der Waals surface area contributed by atoms with Crippen LogP contribution >= 0.6 is 0 Å². The van der Waals surface area contributed by atoms with E-state index in [1.54, 1.807) is 25.5 Å². The van der Waals surface area contributed by atoms with E-state index >= 15 is 0 Å². The molecule has 82 valence electrons. The number of carboxylic acid groups (broad SMARTS) is 1. The number of aromatic amines is 1. The van der Waals surface area contributed by atoms with Crippen LogP contribution in [-0.4, -0.2) is 29.0 Å². The molecule has 0 saturated carbocycles. The Hall–Kier alpha value is -1.78. The van der Waals surface area contributed by atoms with E-state index in [0.717, 1.165) is 5.69 Å². The number of H-pyrrole nitrogens is 1. The standard InChI is InChI=1S/C10H14N2O3/c1-12(8-5-6-11-7-8)9(13)3-2-4-10(14)15/h5-7,11H,2-4H2,1H3,(H,14,15). The molecule has 1 heterocycles. The van der Waals surface area contributed by atoms with Crippen molar-refractivity contribution in [3.05, 3.63) is 18.5 Å². The van der Waals surface area contributed by atoms with Gasteiger partial charge >= 0.3 is 5.97 Å². The molecule has 0 atom stereocenters. The lowest BCUT2D eigenvalue weighted by molar-refractivity contribution is -0.137. The van der Waals surface area contributed by atoms with E-state index in [2.05, 4.69) is 4.98 Å². The maximum absolute atomic E-state index is 11.5. The molecule has 5 heteroatoms. The summed E-state index contributed by atoms with van der Waals surface area (Å²) >= 11 is 0. The highest BCUT2D eigenvalue weighted by Gasteiger charge is 2.11. The van der Waals surface area contributed by atoms with E-state index in [0.29, 0.717) is 6.42 Å². The molecule has 0 aliphatic heterocycles. The summed E-state index contributed by atoms with van der Waals surface area (Å²) in [5, 5.41) is 8.42. The molecule has 15 heavy (non-hydrogen) atoms. The van der Waals surface area contributed by atoms with Crippen molar-refractivity contribution in [2.24, 2.45) is 0 Å². The van der Waals surface area contributed by atoms with Crippen LogP contribution in [0.15, 0.2) is 18.5 Å². The van der Waals surface area contributed by atoms with Gasteiger partial charge in [-0.3, -0.25) is 9.59 Å². The molecule has 0 radical (unpaired) electrons. The highest BCUT2D eigenvalue weighted by Crippen LogP contribution is 2.12. The number of aromatic nitrogens is 1. The number of aliphatic carboxylic acids is 1. The molecule has 5 nitrogen and oxygen atoms in total. The lowest BCUT2D eigenvalue weighted by atomic mass is 10.2. The van der Waals surface area contributed by atoms with Crippen molar-refractivity contribution >= 4 is 17.6 Å². The quantitative estimate of drug-likeness (QED) is 0.767. The average Bonchev–Trinajstić information content (AvgIpc) is 2.68. The van der Waals surface area contributed by atoms with Crippen LogP contribution < -0.4 is 4.90 Å². The van der Waals surface area contributed by atoms with Crippen molar-refractivity contribution in [3.8, 4) is 0 Å². The van der Waals surface area contributed by atoms with Crippen molar-refractivity contribution in [2.75, 3.05) is 11.9 Å². The first-order valence-corrected chi connectivity index (χ1v) is 4.72. The predicted molar refractivity (Wildman–Crippen MR) is 55.7 cm³/mol. The predicted octanol–water partition coefficient (Wildman–Crippen LogP) is 1.23. The Bertz CT molecular complexity index is 332.